The van der Waals surface area contributed by atoms with E-state index in [4.69, 9.17) is 9.97 Å². The number of hydrogen-bond donors (Lipinski definition) is 0. The second-order valence-electron chi connectivity index (χ2n) is 18.0. The van der Waals surface area contributed by atoms with Crippen molar-refractivity contribution in [1.82, 2.24) is 14.5 Å². The molecule has 316 valence electrons. The highest BCUT2D eigenvalue weighted by molar-refractivity contribution is 6.23. The molecule has 2 aromatic heterocycles. The second-order valence-corrected chi connectivity index (χ2v) is 18.0. The van der Waals surface area contributed by atoms with Crippen LogP contribution in [0.1, 0.15) is 22.3 Å². The van der Waals surface area contributed by atoms with E-state index in [2.05, 4.69) is 247 Å². The first-order valence-corrected chi connectivity index (χ1v) is 23.4. The fourth-order valence-corrected chi connectivity index (χ4v) is 11.5. The molecule has 13 aromatic rings. The van der Waals surface area contributed by atoms with Crippen LogP contribution in [0.15, 0.2) is 249 Å². The Morgan fingerprint density at radius 3 is 1.41 bits per heavy atom. The highest BCUT2D eigenvalue weighted by Crippen LogP contribution is 2.57. The molecule has 14 rings (SSSR count). The highest BCUT2D eigenvalue weighted by atomic mass is 15.0. The Bertz CT molecular complexity index is 4040. The third-order valence-corrected chi connectivity index (χ3v) is 14.5. The van der Waals surface area contributed by atoms with E-state index in [9.17, 15) is 0 Å². The monoisotopic (exact) mass is 863 g/mol. The molecule has 68 heavy (non-hydrogen) atoms. The van der Waals surface area contributed by atoms with Crippen LogP contribution in [0.25, 0.3) is 105 Å². The Hall–Kier alpha value is -8.92. The zero-order chi connectivity index (χ0) is 44.8. The Morgan fingerprint density at radius 1 is 0.324 bits per heavy atom. The van der Waals surface area contributed by atoms with E-state index in [1.807, 2.05) is 6.20 Å². The molecule has 0 amide bonds. The minimum absolute atomic E-state index is 0.597. The number of rotatable bonds is 6. The molecule has 0 aliphatic heterocycles. The summed E-state index contributed by atoms with van der Waals surface area (Å²) in [7, 11) is 0. The number of hydrogen-bond acceptors (Lipinski definition) is 2. The van der Waals surface area contributed by atoms with Gasteiger partial charge in [-0.25, -0.2) is 4.98 Å². The summed E-state index contributed by atoms with van der Waals surface area (Å²) in [5.74, 6) is 0. The molecule has 0 unspecified atom stereocenters. The van der Waals surface area contributed by atoms with Gasteiger partial charge in [0.1, 0.15) is 0 Å². The quantitative estimate of drug-likeness (QED) is 0.156. The average molecular weight is 864 g/mol. The minimum Gasteiger partial charge on any atom is -0.309 e. The molecule has 3 heteroatoms. The van der Waals surface area contributed by atoms with Crippen LogP contribution >= 0.6 is 0 Å². The van der Waals surface area contributed by atoms with Gasteiger partial charge in [-0.2, -0.15) is 0 Å². The summed E-state index contributed by atoms with van der Waals surface area (Å²) in [6, 6.07) is 88.6. The number of benzene rings is 11. The van der Waals surface area contributed by atoms with Crippen molar-refractivity contribution in [3.8, 4) is 50.3 Å². The fourth-order valence-electron chi connectivity index (χ4n) is 11.5. The maximum absolute atomic E-state index is 5.45. The van der Waals surface area contributed by atoms with Crippen LogP contribution in [-0.4, -0.2) is 14.5 Å². The summed E-state index contributed by atoms with van der Waals surface area (Å²) in [6.07, 6.45) is 1.96. The molecule has 0 fully saturated rings. The number of aromatic nitrogens is 3. The molecule has 0 spiro atoms. The van der Waals surface area contributed by atoms with Crippen molar-refractivity contribution in [2.45, 2.75) is 5.41 Å². The molecule has 1 aliphatic rings. The maximum atomic E-state index is 5.45. The molecular formula is C65H41N3. The van der Waals surface area contributed by atoms with Crippen LogP contribution in [0.5, 0.6) is 0 Å². The van der Waals surface area contributed by atoms with Crippen LogP contribution in [0, 0.1) is 0 Å². The normalized spacial score (nSPS) is 12.8. The van der Waals surface area contributed by atoms with Gasteiger partial charge in [0.25, 0.3) is 0 Å². The summed E-state index contributed by atoms with van der Waals surface area (Å²) in [5.41, 5.74) is 18.9. The fraction of sp³-hybridized carbons (Fsp3) is 0.0154. The Kier molecular flexibility index (Phi) is 8.50. The lowest BCUT2D eigenvalue weighted by Crippen LogP contribution is -2.28. The smallest absolute Gasteiger partial charge is 0.0979 e. The van der Waals surface area contributed by atoms with E-state index in [1.165, 1.54) is 93.9 Å². The molecule has 0 saturated heterocycles. The molecule has 1 aliphatic carbocycles. The van der Waals surface area contributed by atoms with E-state index >= 15 is 0 Å². The third-order valence-electron chi connectivity index (χ3n) is 14.5. The van der Waals surface area contributed by atoms with Crippen molar-refractivity contribution < 1.29 is 0 Å². The minimum atomic E-state index is -0.597. The predicted molar refractivity (Wildman–Crippen MR) is 283 cm³/mol. The lowest BCUT2D eigenvalue weighted by atomic mass is 9.67. The predicted octanol–water partition coefficient (Wildman–Crippen LogP) is 16.4. The van der Waals surface area contributed by atoms with Gasteiger partial charge < -0.3 is 4.57 Å². The Morgan fingerprint density at radius 2 is 0.779 bits per heavy atom. The molecular weight excluding hydrogens is 823 g/mol. The zero-order valence-corrected chi connectivity index (χ0v) is 37.0. The van der Waals surface area contributed by atoms with Crippen LogP contribution in [-0.2, 0) is 5.41 Å². The van der Waals surface area contributed by atoms with Crippen molar-refractivity contribution in [2.75, 3.05) is 0 Å². The van der Waals surface area contributed by atoms with Gasteiger partial charge in [0.2, 0.25) is 0 Å². The number of para-hydroxylation sites is 2. The lowest BCUT2D eigenvalue weighted by Gasteiger charge is -2.34. The lowest BCUT2D eigenvalue weighted by molar-refractivity contribution is 0.769. The van der Waals surface area contributed by atoms with E-state index in [-0.39, 0.29) is 0 Å². The first kappa shape index (κ1) is 38.4. The summed E-state index contributed by atoms with van der Waals surface area (Å²) < 4.78 is 2.37. The largest absolute Gasteiger partial charge is 0.309 e. The van der Waals surface area contributed by atoms with Gasteiger partial charge in [0.15, 0.2) is 0 Å². The molecule has 0 N–H and O–H groups in total. The van der Waals surface area contributed by atoms with Crippen molar-refractivity contribution in [3.63, 3.8) is 0 Å². The van der Waals surface area contributed by atoms with Crippen LogP contribution < -0.4 is 0 Å². The SMILES string of the molecule is c1ccc(-n2c3ccccc3c3cc(-c4ccc(-c5ccc6c(c5)C(c5ccccc5)(c5ccccc5)c5cc(-c7cnc8c9ccccc9c9ccccc9c8n7)ccc5-6)cc4)ccc32)cc1. The summed E-state index contributed by atoms with van der Waals surface area (Å²) >= 11 is 0. The maximum Gasteiger partial charge on any atom is 0.0979 e. The molecule has 11 aromatic carbocycles. The first-order chi connectivity index (χ1) is 33.7. The number of fused-ring (bicyclic) bond motifs is 12. The van der Waals surface area contributed by atoms with E-state index in [0.29, 0.717) is 0 Å². The average Bonchev–Trinajstić information content (AvgIpc) is 3.91. The topological polar surface area (TPSA) is 30.7 Å². The molecule has 2 heterocycles. The highest BCUT2D eigenvalue weighted by Gasteiger charge is 2.46. The molecule has 0 atom stereocenters. The Balaban J connectivity index is 0.905. The van der Waals surface area contributed by atoms with Gasteiger partial charge in [-0.15, -0.1) is 0 Å². The van der Waals surface area contributed by atoms with Crippen molar-refractivity contribution in [3.05, 3.63) is 271 Å². The van der Waals surface area contributed by atoms with Crippen molar-refractivity contribution >= 4 is 54.4 Å². The van der Waals surface area contributed by atoms with Gasteiger partial charge in [-0.05, 0) is 109 Å². The van der Waals surface area contributed by atoms with Gasteiger partial charge in [0.05, 0.1) is 39.4 Å². The van der Waals surface area contributed by atoms with E-state index in [1.54, 1.807) is 0 Å². The standard InChI is InChI=1S/C65H41N3/c1-4-16-47(17-5-1)65(48-18-6-2-7-19-48)58-39-45(43-30-28-42(29-31-43)44-34-37-62-57(38-44)54-24-14-15-27-61(54)68(62)49-20-8-3-9-21-49)32-35-52(58)53-36-33-46(40-59(53)65)60-41-66-63-55-25-12-10-22-50(55)51-23-11-13-26-56(51)64(63)67-60/h1-41H. The van der Waals surface area contributed by atoms with Crippen LogP contribution in [0.3, 0.4) is 0 Å². The summed E-state index contributed by atoms with van der Waals surface area (Å²) in [6.45, 7) is 0. The molecule has 3 nitrogen and oxygen atoms in total. The molecule has 0 radical (unpaired) electrons. The third kappa shape index (κ3) is 5.66. The summed E-state index contributed by atoms with van der Waals surface area (Å²) in [4.78, 5) is 10.6. The van der Waals surface area contributed by atoms with Gasteiger partial charge in [0, 0.05) is 32.8 Å². The summed E-state index contributed by atoms with van der Waals surface area (Å²) in [5, 5.41) is 7.12. The molecule has 0 saturated carbocycles. The van der Waals surface area contributed by atoms with E-state index in [0.717, 1.165) is 33.1 Å². The van der Waals surface area contributed by atoms with E-state index < -0.39 is 5.41 Å². The first-order valence-electron chi connectivity index (χ1n) is 23.4. The van der Waals surface area contributed by atoms with Gasteiger partial charge in [-0.1, -0.05) is 200 Å². The molecule has 0 bridgehead atoms. The number of nitrogens with zero attached hydrogens (tertiary/aromatic N) is 3. The van der Waals surface area contributed by atoms with Gasteiger partial charge in [-0.3, -0.25) is 4.98 Å². The van der Waals surface area contributed by atoms with Crippen molar-refractivity contribution in [1.29, 1.82) is 0 Å². The Labute approximate surface area is 393 Å². The van der Waals surface area contributed by atoms with Crippen LogP contribution in [0.4, 0.5) is 0 Å². The second kappa shape index (κ2) is 15.1. The van der Waals surface area contributed by atoms with Crippen molar-refractivity contribution in [2.24, 2.45) is 0 Å². The van der Waals surface area contributed by atoms with Crippen LogP contribution in [0.2, 0.25) is 0 Å². The zero-order valence-electron chi connectivity index (χ0n) is 37.0. The van der Waals surface area contributed by atoms with Gasteiger partial charge >= 0.3 is 0 Å².